The third kappa shape index (κ3) is 2.58. The largest absolute Gasteiger partial charge is 0.308 e. The lowest BCUT2D eigenvalue weighted by atomic mass is 10.0. The minimum absolute atomic E-state index is 0.0143. The van der Waals surface area contributed by atoms with Gasteiger partial charge in [0.15, 0.2) is 5.82 Å². The van der Waals surface area contributed by atoms with Gasteiger partial charge in [-0.1, -0.05) is 31.2 Å². The number of hydrogen-bond acceptors (Lipinski definition) is 3. The van der Waals surface area contributed by atoms with Crippen LogP contribution in [-0.4, -0.2) is 21.4 Å². The number of carbonyl (C=O) groups excluding carboxylic acids is 1. The molecule has 5 heteroatoms. The number of rotatable bonds is 2. The Morgan fingerprint density at radius 3 is 2.67 bits per heavy atom. The third-order valence-electron chi connectivity index (χ3n) is 3.90. The van der Waals surface area contributed by atoms with Gasteiger partial charge in [0, 0.05) is 11.3 Å². The van der Waals surface area contributed by atoms with Crippen molar-refractivity contribution in [2.24, 2.45) is 0 Å². The molecule has 0 bridgehead atoms. The Morgan fingerprint density at radius 1 is 1.29 bits per heavy atom. The van der Waals surface area contributed by atoms with Gasteiger partial charge < -0.3 is 5.32 Å². The van der Waals surface area contributed by atoms with Crippen LogP contribution in [0.4, 0.5) is 5.82 Å². The standard InChI is InChI=1S/C16H19N3OS/c1-4-11-5-7-12(8-6-11)14-13-9(2)18-19-15(13)17-16(20)10(3)21-14/h5-8,10,14H,4H2,1-3H3,(H2,17,18,19,20)/t10-,14+/m0/s1. The molecule has 1 aliphatic heterocycles. The van der Waals surface area contributed by atoms with Crippen LogP contribution in [0.15, 0.2) is 24.3 Å². The minimum Gasteiger partial charge on any atom is -0.308 e. The molecule has 2 heterocycles. The minimum atomic E-state index is -0.102. The first-order valence-corrected chi connectivity index (χ1v) is 8.14. The maximum atomic E-state index is 12.1. The van der Waals surface area contributed by atoms with E-state index >= 15 is 0 Å². The molecule has 0 aliphatic carbocycles. The molecule has 1 aromatic carbocycles. The van der Waals surface area contributed by atoms with Crippen LogP contribution < -0.4 is 5.32 Å². The molecule has 3 rings (SSSR count). The molecule has 0 saturated heterocycles. The number of fused-ring (bicyclic) bond motifs is 1. The molecule has 21 heavy (non-hydrogen) atoms. The van der Waals surface area contributed by atoms with Crippen LogP contribution in [0.25, 0.3) is 0 Å². The van der Waals surface area contributed by atoms with Gasteiger partial charge in [0.05, 0.1) is 10.5 Å². The van der Waals surface area contributed by atoms with Crippen molar-refractivity contribution in [2.45, 2.75) is 37.7 Å². The van der Waals surface area contributed by atoms with Crippen molar-refractivity contribution in [1.82, 2.24) is 10.2 Å². The topological polar surface area (TPSA) is 57.8 Å². The molecule has 1 amide bonds. The number of aromatic nitrogens is 2. The zero-order chi connectivity index (χ0) is 15.0. The molecular formula is C16H19N3OS. The summed E-state index contributed by atoms with van der Waals surface area (Å²) >= 11 is 1.67. The average molecular weight is 301 g/mol. The SMILES string of the molecule is CCc1ccc([C@H]2S[C@@H](C)C(=O)Nc3n[nH]c(C)c32)cc1. The zero-order valence-corrected chi connectivity index (χ0v) is 13.3. The second-order valence-corrected chi connectivity index (χ2v) is 6.80. The Balaban J connectivity index is 2.06. The molecule has 0 fully saturated rings. The summed E-state index contributed by atoms with van der Waals surface area (Å²) < 4.78 is 0. The van der Waals surface area contributed by atoms with Crippen LogP contribution in [0, 0.1) is 6.92 Å². The van der Waals surface area contributed by atoms with Gasteiger partial charge in [0.25, 0.3) is 0 Å². The van der Waals surface area contributed by atoms with Gasteiger partial charge >= 0.3 is 0 Å². The number of aryl methyl sites for hydroxylation is 2. The summed E-state index contributed by atoms with van der Waals surface area (Å²) in [7, 11) is 0. The maximum absolute atomic E-state index is 12.1. The monoisotopic (exact) mass is 301 g/mol. The van der Waals surface area contributed by atoms with Gasteiger partial charge in [-0.05, 0) is 31.4 Å². The Bertz CT molecular complexity index is 663. The van der Waals surface area contributed by atoms with E-state index in [1.807, 2.05) is 13.8 Å². The molecule has 0 spiro atoms. The predicted octanol–water partition coefficient (Wildman–Crippen LogP) is 3.44. The fourth-order valence-corrected chi connectivity index (χ4v) is 3.91. The molecular weight excluding hydrogens is 282 g/mol. The smallest absolute Gasteiger partial charge is 0.238 e. The molecule has 0 unspecified atom stereocenters. The van der Waals surface area contributed by atoms with E-state index in [9.17, 15) is 4.79 Å². The number of benzene rings is 1. The van der Waals surface area contributed by atoms with Crippen molar-refractivity contribution in [2.75, 3.05) is 5.32 Å². The first kappa shape index (κ1) is 14.2. The highest BCUT2D eigenvalue weighted by Gasteiger charge is 2.31. The molecule has 1 aromatic heterocycles. The van der Waals surface area contributed by atoms with Gasteiger partial charge in [-0.2, -0.15) is 5.10 Å². The summed E-state index contributed by atoms with van der Waals surface area (Å²) in [6, 6.07) is 8.65. The molecule has 2 aromatic rings. The van der Waals surface area contributed by atoms with E-state index in [4.69, 9.17) is 0 Å². The van der Waals surface area contributed by atoms with Gasteiger partial charge in [0.1, 0.15) is 0 Å². The highest BCUT2D eigenvalue weighted by molar-refractivity contribution is 8.01. The number of aromatic amines is 1. The summed E-state index contributed by atoms with van der Waals surface area (Å²) in [6.45, 7) is 6.10. The predicted molar refractivity (Wildman–Crippen MR) is 86.7 cm³/mol. The Hall–Kier alpha value is -1.75. The number of H-pyrrole nitrogens is 1. The van der Waals surface area contributed by atoms with E-state index in [0.29, 0.717) is 5.82 Å². The van der Waals surface area contributed by atoms with Crippen molar-refractivity contribution in [1.29, 1.82) is 0 Å². The molecule has 0 saturated carbocycles. The molecule has 1 aliphatic rings. The normalized spacial score (nSPS) is 21.6. The maximum Gasteiger partial charge on any atom is 0.238 e. The Labute approximate surface area is 128 Å². The third-order valence-corrected chi connectivity index (χ3v) is 5.30. The molecule has 4 nitrogen and oxygen atoms in total. The highest BCUT2D eigenvalue weighted by atomic mass is 32.2. The van der Waals surface area contributed by atoms with Crippen molar-refractivity contribution < 1.29 is 4.79 Å². The molecule has 2 N–H and O–H groups in total. The first-order chi connectivity index (χ1) is 10.1. The van der Waals surface area contributed by atoms with Crippen molar-refractivity contribution in [3.63, 3.8) is 0 Å². The van der Waals surface area contributed by atoms with Crippen LogP contribution in [-0.2, 0) is 11.2 Å². The number of thioether (sulfide) groups is 1. The number of carbonyl (C=O) groups is 1. The fourth-order valence-electron chi connectivity index (χ4n) is 2.58. The summed E-state index contributed by atoms with van der Waals surface area (Å²) in [5.41, 5.74) is 4.63. The molecule has 0 radical (unpaired) electrons. The van der Waals surface area contributed by atoms with E-state index in [2.05, 4.69) is 46.7 Å². The van der Waals surface area contributed by atoms with E-state index in [1.54, 1.807) is 11.8 Å². The van der Waals surface area contributed by atoms with Crippen LogP contribution >= 0.6 is 11.8 Å². The van der Waals surface area contributed by atoms with Gasteiger partial charge in [-0.15, -0.1) is 11.8 Å². The quantitative estimate of drug-likeness (QED) is 0.893. The number of nitrogens with one attached hydrogen (secondary N) is 2. The lowest BCUT2D eigenvalue weighted by molar-refractivity contribution is -0.115. The van der Waals surface area contributed by atoms with Gasteiger partial charge in [-0.3, -0.25) is 9.89 Å². The van der Waals surface area contributed by atoms with Crippen LogP contribution in [0.2, 0.25) is 0 Å². The van der Waals surface area contributed by atoms with E-state index in [-0.39, 0.29) is 16.4 Å². The van der Waals surface area contributed by atoms with Crippen LogP contribution in [0.3, 0.4) is 0 Å². The number of anilines is 1. The van der Waals surface area contributed by atoms with Crippen molar-refractivity contribution >= 4 is 23.5 Å². The summed E-state index contributed by atoms with van der Waals surface area (Å²) in [5, 5.41) is 10.2. The van der Waals surface area contributed by atoms with Crippen molar-refractivity contribution in [3.05, 3.63) is 46.6 Å². The van der Waals surface area contributed by atoms with E-state index in [1.165, 1.54) is 11.1 Å². The lowest BCUT2D eigenvalue weighted by Crippen LogP contribution is -2.21. The highest BCUT2D eigenvalue weighted by Crippen LogP contribution is 2.44. The Morgan fingerprint density at radius 2 is 2.00 bits per heavy atom. The molecule has 110 valence electrons. The summed E-state index contributed by atoms with van der Waals surface area (Å²) in [4.78, 5) is 12.1. The van der Waals surface area contributed by atoms with Crippen LogP contribution in [0.1, 0.15) is 41.5 Å². The zero-order valence-electron chi connectivity index (χ0n) is 12.4. The second-order valence-electron chi connectivity index (χ2n) is 5.35. The molecule has 2 atom stereocenters. The lowest BCUT2D eigenvalue weighted by Gasteiger charge is -2.18. The second kappa shape index (κ2) is 5.56. The average Bonchev–Trinajstić information content (AvgIpc) is 2.79. The number of amides is 1. The van der Waals surface area contributed by atoms with E-state index in [0.717, 1.165) is 17.7 Å². The number of hydrogen-bond donors (Lipinski definition) is 2. The van der Waals surface area contributed by atoms with Gasteiger partial charge in [-0.25, -0.2) is 0 Å². The van der Waals surface area contributed by atoms with E-state index < -0.39 is 0 Å². The fraction of sp³-hybridized carbons (Fsp3) is 0.375. The van der Waals surface area contributed by atoms with Crippen molar-refractivity contribution in [3.8, 4) is 0 Å². The Kier molecular flexibility index (Phi) is 3.76. The number of nitrogens with zero attached hydrogens (tertiary/aromatic N) is 1. The van der Waals surface area contributed by atoms with Crippen LogP contribution in [0.5, 0.6) is 0 Å². The van der Waals surface area contributed by atoms with Gasteiger partial charge in [0.2, 0.25) is 5.91 Å². The summed E-state index contributed by atoms with van der Waals surface area (Å²) in [6.07, 6.45) is 1.03. The first-order valence-electron chi connectivity index (χ1n) is 7.20. The summed E-state index contributed by atoms with van der Waals surface area (Å²) in [5.74, 6) is 0.680.